The number of piperazine rings is 1. The van der Waals surface area contributed by atoms with Crippen LogP contribution in [0.15, 0.2) is 18.5 Å². The number of carbonyl (C=O) groups excluding carboxylic acids is 1. The van der Waals surface area contributed by atoms with Crippen LogP contribution in [0.3, 0.4) is 0 Å². The minimum atomic E-state index is -0.386. The van der Waals surface area contributed by atoms with Gasteiger partial charge in [-0.1, -0.05) is 0 Å². The molecular formula is C9H12N4O2. The Morgan fingerprint density at radius 2 is 2.00 bits per heavy atom. The fourth-order valence-corrected chi connectivity index (χ4v) is 1.33. The smallest absolute Gasteiger partial charge is 0.374 e. The molecule has 2 heterocycles. The molecule has 0 unspecified atom stereocenters. The molecule has 2 rings (SSSR count). The van der Waals surface area contributed by atoms with Crippen LogP contribution in [-0.4, -0.2) is 47.1 Å². The zero-order valence-electron chi connectivity index (χ0n) is 8.22. The van der Waals surface area contributed by atoms with Gasteiger partial charge in [-0.05, 0) is 6.07 Å². The van der Waals surface area contributed by atoms with E-state index in [1.54, 1.807) is 11.0 Å². The SMILES string of the molecule is O=C(Oc1ncccn1)N1CCNCC1. The highest BCUT2D eigenvalue weighted by molar-refractivity contribution is 5.69. The Hall–Kier alpha value is -1.69. The molecule has 1 amide bonds. The van der Waals surface area contributed by atoms with Crippen LogP contribution in [0.2, 0.25) is 0 Å². The largest absolute Gasteiger partial charge is 0.417 e. The second-order valence-electron chi connectivity index (χ2n) is 3.14. The molecule has 0 aliphatic carbocycles. The summed E-state index contributed by atoms with van der Waals surface area (Å²) in [6.07, 6.45) is 2.68. The highest BCUT2D eigenvalue weighted by Crippen LogP contribution is 2.02. The Labute approximate surface area is 87.3 Å². The van der Waals surface area contributed by atoms with Gasteiger partial charge < -0.3 is 15.0 Å². The van der Waals surface area contributed by atoms with Crippen LogP contribution in [0.1, 0.15) is 0 Å². The lowest BCUT2D eigenvalue weighted by Crippen LogP contribution is -2.47. The van der Waals surface area contributed by atoms with Gasteiger partial charge in [-0.2, -0.15) is 0 Å². The lowest BCUT2D eigenvalue weighted by Gasteiger charge is -2.25. The number of nitrogens with one attached hydrogen (secondary N) is 1. The van der Waals surface area contributed by atoms with E-state index in [4.69, 9.17) is 4.74 Å². The first-order valence-corrected chi connectivity index (χ1v) is 4.81. The van der Waals surface area contributed by atoms with Crippen molar-refractivity contribution in [1.29, 1.82) is 0 Å². The molecule has 15 heavy (non-hydrogen) atoms. The maximum absolute atomic E-state index is 11.6. The van der Waals surface area contributed by atoms with Crippen molar-refractivity contribution in [1.82, 2.24) is 20.2 Å². The van der Waals surface area contributed by atoms with Gasteiger partial charge in [0, 0.05) is 38.6 Å². The fraction of sp³-hybridized carbons (Fsp3) is 0.444. The zero-order chi connectivity index (χ0) is 10.5. The van der Waals surface area contributed by atoms with Gasteiger partial charge in [0.2, 0.25) is 0 Å². The Bertz CT molecular complexity index is 324. The standard InChI is InChI=1S/C9H12N4O2/c14-9(13-6-4-10-5-7-13)15-8-11-2-1-3-12-8/h1-3,10H,4-7H2. The van der Waals surface area contributed by atoms with E-state index in [0.29, 0.717) is 13.1 Å². The number of amides is 1. The number of carbonyl (C=O) groups is 1. The molecule has 6 heteroatoms. The number of ether oxygens (including phenoxy) is 1. The Balaban J connectivity index is 1.91. The highest BCUT2D eigenvalue weighted by atomic mass is 16.6. The maximum atomic E-state index is 11.6. The normalized spacial score (nSPS) is 16.1. The summed E-state index contributed by atoms with van der Waals surface area (Å²) in [5.41, 5.74) is 0. The minimum Gasteiger partial charge on any atom is -0.374 e. The highest BCUT2D eigenvalue weighted by Gasteiger charge is 2.18. The lowest BCUT2D eigenvalue weighted by atomic mass is 10.4. The summed E-state index contributed by atoms with van der Waals surface area (Å²) in [7, 11) is 0. The van der Waals surface area contributed by atoms with Crippen molar-refractivity contribution >= 4 is 6.09 Å². The summed E-state index contributed by atoms with van der Waals surface area (Å²) in [5, 5.41) is 3.15. The molecule has 0 aromatic carbocycles. The third kappa shape index (κ3) is 2.63. The van der Waals surface area contributed by atoms with Crippen LogP contribution in [0.5, 0.6) is 6.01 Å². The lowest BCUT2D eigenvalue weighted by molar-refractivity contribution is 0.142. The third-order valence-electron chi connectivity index (χ3n) is 2.10. The molecule has 1 fully saturated rings. The molecule has 1 aliphatic rings. The summed E-state index contributed by atoms with van der Waals surface area (Å²) < 4.78 is 4.99. The summed E-state index contributed by atoms with van der Waals surface area (Å²) >= 11 is 0. The Morgan fingerprint density at radius 3 is 2.67 bits per heavy atom. The second kappa shape index (κ2) is 4.70. The summed E-state index contributed by atoms with van der Waals surface area (Å²) in [5.74, 6) is 0. The van der Waals surface area contributed by atoms with Crippen LogP contribution in [0, 0.1) is 0 Å². The van der Waals surface area contributed by atoms with Crippen LogP contribution in [0.4, 0.5) is 4.79 Å². The van der Waals surface area contributed by atoms with Crippen molar-refractivity contribution in [3.05, 3.63) is 18.5 Å². The average molecular weight is 208 g/mol. The topological polar surface area (TPSA) is 67.3 Å². The van der Waals surface area contributed by atoms with E-state index in [-0.39, 0.29) is 12.1 Å². The van der Waals surface area contributed by atoms with Gasteiger partial charge in [0.1, 0.15) is 0 Å². The van der Waals surface area contributed by atoms with Crippen molar-refractivity contribution in [3.8, 4) is 6.01 Å². The van der Waals surface area contributed by atoms with Crippen LogP contribution in [0.25, 0.3) is 0 Å². The molecule has 0 radical (unpaired) electrons. The van der Waals surface area contributed by atoms with E-state index in [2.05, 4.69) is 15.3 Å². The molecular weight excluding hydrogens is 196 g/mol. The fourth-order valence-electron chi connectivity index (χ4n) is 1.33. The monoisotopic (exact) mass is 208 g/mol. The van der Waals surface area contributed by atoms with Gasteiger partial charge in [-0.15, -0.1) is 0 Å². The van der Waals surface area contributed by atoms with Gasteiger partial charge in [-0.25, -0.2) is 14.8 Å². The molecule has 1 aromatic heterocycles. The number of hydrogen-bond donors (Lipinski definition) is 1. The van der Waals surface area contributed by atoms with E-state index < -0.39 is 0 Å². The van der Waals surface area contributed by atoms with Gasteiger partial charge in [-0.3, -0.25) is 0 Å². The van der Waals surface area contributed by atoms with Crippen molar-refractivity contribution in [3.63, 3.8) is 0 Å². The van der Waals surface area contributed by atoms with Gasteiger partial charge in [0.05, 0.1) is 0 Å². The van der Waals surface area contributed by atoms with Gasteiger partial charge in [0.25, 0.3) is 0 Å². The Kier molecular flexibility index (Phi) is 3.08. The average Bonchev–Trinajstić information content (AvgIpc) is 2.31. The van der Waals surface area contributed by atoms with Crippen molar-refractivity contribution in [2.75, 3.05) is 26.2 Å². The van der Waals surface area contributed by atoms with Crippen LogP contribution < -0.4 is 10.1 Å². The maximum Gasteiger partial charge on any atom is 0.417 e. The first kappa shape index (κ1) is 9.85. The predicted molar refractivity (Wildman–Crippen MR) is 52.5 cm³/mol. The molecule has 0 spiro atoms. The Morgan fingerprint density at radius 1 is 1.33 bits per heavy atom. The summed E-state index contributed by atoms with van der Waals surface area (Å²) in [6.45, 7) is 2.91. The van der Waals surface area contributed by atoms with Gasteiger partial charge in [0.15, 0.2) is 0 Å². The molecule has 0 bridgehead atoms. The molecule has 1 aromatic rings. The molecule has 0 saturated carbocycles. The van der Waals surface area contributed by atoms with Crippen LogP contribution >= 0.6 is 0 Å². The summed E-state index contributed by atoms with van der Waals surface area (Å²) in [6, 6.07) is 1.77. The minimum absolute atomic E-state index is 0.0982. The van der Waals surface area contributed by atoms with E-state index in [1.807, 2.05) is 0 Å². The van der Waals surface area contributed by atoms with Crippen molar-refractivity contribution in [2.24, 2.45) is 0 Å². The molecule has 1 aliphatic heterocycles. The number of aromatic nitrogens is 2. The number of nitrogens with zero attached hydrogens (tertiary/aromatic N) is 3. The van der Waals surface area contributed by atoms with Crippen molar-refractivity contribution in [2.45, 2.75) is 0 Å². The zero-order valence-corrected chi connectivity index (χ0v) is 8.22. The predicted octanol–water partition coefficient (Wildman–Crippen LogP) is -0.119. The van der Waals surface area contributed by atoms with E-state index in [0.717, 1.165) is 13.1 Å². The van der Waals surface area contributed by atoms with E-state index in [1.165, 1.54) is 12.4 Å². The van der Waals surface area contributed by atoms with Crippen molar-refractivity contribution < 1.29 is 9.53 Å². The number of rotatable bonds is 1. The molecule has 1 saturated heterocycles. The van der Waals surface area contributed by atoms with Crippen LogP contribution in [-0.2, 0) is 0 Å². The molecule has 80 valence electrons. The van der Waals surface area contributed by atoms with Gasteiger partial charge >= 0.3 is 12.1 Å². The molecule has 0 atom stereocenters. The second-order valence-corrected chi connectivity index (χ2v) is 3.14. The third-order valence-corrected chi connectivity index (χ3v) is 2.10. The quantitative estimate of drug-likeness (QED) is 0.697. The molecule has 1 N–H and O–H groups in total. The number of hydrogen-bond acceptors (Lipinski definition) is 5. The molecule has 6 nitrogen and oxygen atoms in total. The summed E-state index contributed by atoms with van der Waals surface area (Å²) in [4.78, 5) is 20.8. The first-order valence-electron chi connectivity index (χ1n) is 4.81. The van der Waals surface area contributed by atoms with E-state index >= 15 is 0 Å². The first-order chi connectivity index (χ1) is 7.36. The van der Waals surface area contributed by atoms with E-state index in [9.17, 15) is 4.79 Å².